The molecule has 7 heteroatoms. The molecule has 0 saturated carbocycles. The number of methoxy groups -OCH3 is 2. The summed E-state index contributed by atoms with van der Waals surface area (Å²) in [6.45, 7) is 2.50. The van der Waals surface area contributed by atoms with Crippen molar-refractivity contribution in [2.24, 2.45) is 0 Å². The van der Waals surface area contributed by atoms with E-state index < -0.39 is 0 Å². The smallest absolute Gasteiger partial charge is 0.264 e. The zero-order valence-corrected chi connectivity index (χ0v) is 21.1. The van der Waals surface area contributed by atoms with E-state index in [4.69, 9.17) is 9.47 Å². The van der Waals surface area contributed by atoms with E-state index in [0.29, 0.717) is 34.9 Å². The van der Waals surface area contributed by atoms with Crippen molar-refractivity contribution in [2.45, 2.75) is 18.2 Å². The third kappa shape index (κ3) is 5.52. The number of fused-ring (bicyclic) bond motifs is 1. The summed E-state index contributed by atoms with van der Waals surface area (Å²) < 4.78 is 10.6. The molecule has 3 aromatic carbocycles. The second-order valence-electron chi connectivity index (χ2n) is 8.27. The van der Waals surface area contributed by atoms with Crippen LogP contribution in [-0.4, -0.2) is 39.6 Å². The Labute approximate surface area is 209 Å². The molecule has 0 atom stereocenters. The molecule has 1 aliphatic rings. The number of carbonyl (C=O) groups is 2. The molecule has 0 unspecified atom stereocenters. The lowest BCUT2D eigenvalue weighted by atomic mass is 10.1. The van der Waals surface area contributed by atoms with Gasteiger partial charge in [0.2, 0.25) is 0 Å². The number of anilines is 1. The number of aryl methyl sites for hydroxylation is 1. The normalized spacial score (nSPS) is 14.0. The zero-order chi connectivity index (χ0) is 24.9. The first-order chi connectivity index (χ1) is 16.9. The van der Waals surface area contributed by atoms with Crippen LogP contribution in [0.4, 0.5) is 5.69 Å². The van der Waals surface area contributed by atoms with Crippen LogP contribution < -0.4 is 19.7 Å². The van der Waals surface area contributed by atoms with E-state index in [2.05, 4.69) is 5.32 Å². The number of benzene rings is 3. The molecule has 0 radical (unpaired) electrons. The highest BCUT2D eigenvalue weighted by molar-refractivity contribution is 8.04. The topological polar surface area (TPSA) is 67.9 Å². The molecule has 0 fully saturated rings. The van der Waals surface area contributed by atoms with Gasteiger partial charge in [-0.25, -0.2) is 0 Å². The number of amides is 2. The number of rotatable bonds is 7. The van der Waals surface area contributed by atoms with Crippen LogP contribution >= 0.6 is 11.8 Å². The molecule has 4 rings (SSSR count). The minimum absolute atomic E-state index is 0.0879. The Morgan fingerprint density at radius 3 is 2.57 bits per heavy atom. The van der Waals surface area contributed by atoms with Gasteiger partial charge in [-0.15, -0.1) is 0 Å². The zero-order valence-electron chi connectivity index (χ0n) is 20.3. The Kier molecular flexibility index (Phi) is 7.46. The standard InChI is InChI=1S/C28H28N2O4S/c1-18-6-5-7-20(14-18)16-26-28(32)30(2)22-17-21(9-11-25(22)35-26)27(31)29-13-12-19-8-10-23(33-3)24(15-19)34-4/h5-11,14-17H,12-13H2,1-4H3,(H,29,31)/b26-16-. The van der Waals surface area contributed by atoms with Crippen LogP contribution in [0, 0.1) is 6.92 Å². The lowest BCUT2D eigenvalue weighted by Crippen LogP contribution is -2.31. The highest BCUT2D eigenvalue weighted by Crippen LogP contribution is 2.42. The van der Waals surface area contributed by atoms with Gasteiger partial charge in [0, 0.05) is 24.1 Å². The first-order valence-corrected chi connectivity index (χ1v) is 12.1. The van der Waals surface area contributed by atoms with E-state index in [1.165, 1.54) is 11.8 Å². The molecule has 1 N–H and O–H groups in total. The lowest BCUT2D eigenvalue weighted by molar-refractivity contribution is -0.114. The van der Waals surface area contributed by atoms with Gasteiger partial charge in [0.05, 0.1) is 24.8 Å². The van der Waals surface area contributed by atoms with Crippen molar-refractivity contribution in [3.8, 4) is 11.5 Å². The lowest BCUT2D eigenvalue weighted by Gasteiger charge is -2.27. The number of thioether (sulfide) groups is 1. The number of nitrogens with zero attached hydrogens (tertiary/aromatic N) is 1. The molecule has 35 heavy (non-hydrogen) atoms. The van der Waals surface area contributed by atoms with Gasteiger partial charge in [0.1, 0.15) is 0 Å². The van der Waals surface area contributed by atoms with E-state index in [1.807, 2.05) is 61.5 Å². The monoisotopic (exact) mass is 488 g/mol. The molecule has 3 aromatic rings. The van der Waals surface area contributed by atoms with Gasteiger partial charge in [0.25, 0.3) is 11.8 Å². The van der Waals surface area contributed by atoms with Gasteiger partial charge in [-0.05, 0) is 60.9 Å². The highest BCUT2D eigenvalue weighted by atomic mass is 32.2. The molecule has 0 bridgehead atoms. The third-order valence-electron chi connectivity index (χ3n) is 5.80. The van der Waals surface area contributed by atoms with Crippen LogP contribution in [0.3, 0.4) is 0 Å². The van der Waals surface area contributed by atoms with Crippen LogP contribution in [0.1, 0.15) is 27.0 Å². The molecular weight excluding hydrogens is 460 g/mol. The van der Waals surface area contributed by atoms with Crippen molar-refractivity contribution in [2.75, 3.05) is 32.7 Å². The Balaban J connectivity index is 1.44. The Morgan fingerprint density at radius 1 is 1.03 bits per heavy atom. The summed E-state index contributed by atoms with van der Waals surface area (Å²) >= 11 is 1.43. The number of ether oxygens (including phenoxy) is 2. The molecule has 0 spiro atoms. The number of nitrogens with one attached hydrogen (secondary N) is 1. The average molecular weight is 489 g/mol. The van der Waals surface area contributed by atoms with Gasteiger partial charge in [-0.3, -0.25) is 9.59 Å². The largest absolute Gasteiger partial charge is 0.493 e. The Hall–Kier alpha value is -3.71. The summed E-state index contributed by atoms with van der Waals surface area (Å²) in [6, 6.07) is 19.2. The summed E-state index contributed by atoms with van der Waals surface area (Å²) in [5.74, 6) is 1.06. The second-order valence-corrected chi connectivity index (χ2v) is 9.35. The fraction of sp³-hybridized carbons (Fsp3) is 0.214. The maximum Gasteiger partial charge on any atom is 0.264 e. The van der Waals surface area contributed by atoms with E-state index in [9.17, 15) is 9.59 Å². The van der Waals surface area contributed by atoms with Crippen molar-refractivity contribution in [3.05, 3.63) is 87.8 Å². The number of hydrogen-bond donors (Lipinski definition) is 1. The van der Waals surface area contributed by atoms with Gasteiger partial charge >= 0.3 is 0 Å². The predicted octanol–water partition coefficient (Wildman–Crippen LogP) is 5.09. The fourth-order valence-electron chi connectivity index (χ4n) is 3.90. The minimum atomic E-state index is -0.180. The summed E-state index contributed by atoms with van der Waals surface area (Å²) in [7, 11) is 4.94. The first kappa shape index (κ1) is 24.4. The molecule has 6 nitrogen and oxygen atoms in total. The SMILES string of the molecule is COc1ccc(CCNC(=O)c2ccc3c(c2)N(C)C(=O)/C(=C/c2cccc(C)c2)S3)cc1OC. The molecule has 2 amide bonds. The predicted molar refractivity (Wildman–Crippen MR) is 140 cm³/mol. The summed E-state index contributed by atoms with van der Waals surface area (Å²) in [4.78, 5) is 29.0. The van der Waals surface area contributed by atoms with Crippen molar-refractivity contribution in [1.82, 2.24) is 5.32 Å². The maximum atomic E-state index is 13.0. The van der Waals surface area contributed by atoms with E-state index >= 15 is 0 Å². The molecule has 0 aromatic heterocycles. The van der Waals surface area contributed by atoms with E-state index in [0.717, 1.165) is 27.3 Å². The van der Waals surface area contributed by atoms with Crippen LogP contribution in [0.25, 0.3) is 6.08 Å². The van der Waals surface area contributed by atoms with Crippen LogP contribution in [0.5, 0.6) is 11.5 Å². The van der Waals surface area contributed by atoms with Crippen LogP contribution in [0.2, 0.25) is 0 Å². The van der Waals surface area contributed by atoms with Crippen molar-refractivity contribution in [3.63, 3.8) is 0 Å². The van der Waals surface area contributed by atoms with Gasteiger partial charge in [-0.1, -0.05) is 47.7 Å². The molecule has 0 aliphatic carbocycles. The number of carbonyl (C=O) groups excluding carboxylic acids is 2. The van der Waals surface area contributed by atoms with Crippen LogP contribution in [0.15, 0.2) is 70.5 Å². The maximum absolute atomic E-state index is 13.0. The molecule has 180 valence electrons. The molecule has 1 heterocycles. The highest BCUT2D eigenvalue weighted by Gasteiger charge is 2.27. The fourth-order valence-corrected chi connectivity index (χ4v) is 5.00. The van der Waals surface area contributed by atoms with E-state index in [-0.39, 0.29) is 11.8 Å². The second kappa shape index (κ2) is 10.7. The number of likely N-dealkylation sites (N-methyl/N-ethyl adjacent to an activating group) is 1. The summed E-state index contributed by atoms with van der Waals surface area (Å²) in [5, 5.41) is 2.96. The Morgan fingerprint density at radius 2 is 1.83 bits per heavy atom. The summed E-state index contributed by atoms with van der Waals surface area (Å²) in [5.41, 5.74) is 4.41. The third-order valence-corrected chi connectivity index (χ3v) is 6.88. The average Bonchev–Trinajstić information content (AvgIpc) is 2.86. The van der Waals surface area contributed by atoms with Crippen molar-refractivity contribution < 1.29 is 19.1 Å². The minimum Gasteiger partial charge on any atom is -0.493 e. The van der Waals surface area contributed by atoms with Crippen molar-refractivity contribution in [1.29, 1.82) is 0 Å². The molecule has 1 aliphatic heterocycles. The van der Waals surface area contributed by atoms with Gasteiger partial charge < -0.3 is 19.7 Å². The first-order valence-electron chi connectivity index (χ1n) is 11.3. The van der Waals surface area contributed by atoms with Crippen LogP contribution in [-0.2, 0) is 11.2 Å². The van der Waals surface area contributed by atoms with Gasteiger partial charge in [-0.2, -0.15) is 0 Å². The summed E-state index contributed by atoms with van der Waals surface area (Å²) in [6.07, 6.45) is 2.56. The van der Waals surface area contributed by atoms with Gasteiger partial charge in [0.15, 0.2) is 11.5 Å². The molecular formula is C28H28N2O4S. The molecule has 0 saturated heterocycles. The van der Waals surface area contributed by atoms with Crippen molar-refractivity contribution >= 4 is 35.3 Å². The quantitative estimate of drug-likeness (QED) is 0.469. The number of hydrogen-bond acceptors (Lipinski definition) is 5. The Bertz CT molecular complexity index is 1300. The van der Waals surface area contributed by atoms with E-state index in [1.54, 1.807) is 38.3 Å².